The molecule has 2 aliphatic rings. The number of nitrogens with one attached hydrogen (secondary N) is 2. The van der Waals surface area contributed by atoms with E-state index in [2.05, 4.69) is 25.8 Å². The fraction of sp³-hybridized carbons (Fsp3) is 0.364. The quantitative estimate of drug-likeness (QED) is 0.591. The highest BCUT2D eigenvalue weighted by molar-refractivity contribution is 5.96. The molecule has 0 saturated carbocycles. The van der Waals surface area contributed by atoms with Crippen molar-refractivity contribution in [1.29, 1.82) is 0 Å². The highest BCUT2D eigenvalue weighted by Gasteiger charge is 2.43. The number of fused-ring (bicyclic) bond motifs is 3. The lowest BCUT2D eigenvalue weighted by molar-refractivity contribution is 0.0422. The van der Waals surface area contributed by atoms with Crippen LogP contribution in [-0.2, 0) is 0 Å². The summed E-state index contributed by atoms with van der Waals surface area (Å²) >= 11 is 0. The topological polar surface area (TPSA) is 109 Å². The second kappa shape index (κ2) is 7.73. The lowest BCUT2D eigenvalue weighted by Gasteiger charge is -2.32. The van der Waals surface area contributed by atoms with Gasteiger partial charge in [0.05, 0.1) is 11.2 Å². The van der Waals surface area contributed by atoms with E-state index in [0.29, 0.717) is 29.2 Å². The van der Waals surface area contributed by atoms with Gasteiger partial charge in [-0.1, -0.05) is 6.07 Å². The Hall–Kier alpha value is -3.33. The number of pyridine rings is 1. The van der Waals surface area contributed by atoms with Gasteiger partial charge < -0.3 is 20.5 Å². The van der Waals surface area contributed by atoms with E-state index in [1.807, 2.05) is 0 Å². The van der Waals surface area contributed by atoms with Crippen LogP contribution in [0, 0.1) is 0 Å². The van der Waals surface area contributed by atoms with Crippen LogP contribution < -0.4 is 15.4 Å². The molecule has 0 radical (unpaired) electrons. The summed E-state index contributed by atoms with van der Waals surface area (Å²) in [6.45, 7) is 0. The highest BCUT2D eigenvalue weighted by atomic mass is 19.1. The second-order valence-corrected chi connectivity index (χ2v) is 7.98. The molecule has 2 saturated heterocycles. The molecule has 2 fully saturated rings. The summed E-state index contributed by atoms with van der Waals surface area (Å²) in [5.74, 6) is -0.0742. The third kappa shape index (κ3) is 3.65. The van der Waals surface area contributed by atoms with Crippen LogP contribution in [0.25, 0.3) is 22.2 Å². The molecule has 2 bridgehead atoms. The molecular weight excluding hydrogens is 401 g/mol. The van der Waals surface area contributed by atoms with Crippen molar-refractivity contribution < 1.29 is 19.0 Å². The molecule has 3 N–H and O–H groups in total. The molecule has 9 heteroatoms. The second-order valence-electron chi connectivity index (χ2n) is 7.98. The molecule has 160 valence electrons. The minimum absolute atomic E-state index is 0.0317. The maximum atomic E-state index is 14.6. The van der Waals surface area contributed by atoms with E-state index in [0.717, 1.165) is 18.2 Å². The summed E-state index contributed by atoms with van der Waals surface area (Å²) in [5, 5.41) is 25.3. The van der Waals surface area contributed by atoms with Crippen LogP contribution in [0.15, 0.2) is 36.4 Å². The Balaban J connectivity index is 1.37. The molecule has 5 rings (SSSR count). The van der Waals surface area contributed by atoms with Gasteiger partial charge >= 0.3 is 0 Å². The van der Waals surface area contributed by atoms with Gasteiger partial charge in [-0.2, -0.15) is 0 Å². The number of ether oxygens (including phenoxy) is 1. The number of benzene rings is 1. The molecule has 2 aliphatic heterocycles. The Morgan fingerprint density at radius 2 is 2.10 bits per heavy atom. The average Bonchev–Trinajstić information content (AvgIpc) is 3.20. The van der Waals surface area contributed by atoms with Gasteiger partial charge in [0.15, 0.2) is 6.17 Å². The van der Waals surface area contributed by atoms with Crippen LogP contribution in [-0.4, -0.2) is 57.6 Å². The number of phenolic OH excluding ortho intramolecular Hbond substituents is 1. The first kappa shape index (κ1) is 19.6. The monoisotopic (exact) mass is 423 g/mol. The van der Waals surface area contributed by atoms with E-state index >= 15 is 0 Å². The Morgan fingerprint density at radius 1 is 1.23 bits per heavy atom. The summed E-state index contributed by atoms with van der Waals surface area (Å²) in [6, 6.07) is 10.1. The molecular formula is C22H22FN5O3. The minimum Gasteiger partial charge on any atom is -0.507 e. The fourth-order valence-corrected chi connectivity index (χ4v) is 4.37. The van der Waals surface area contributed by atoms with Crippen LogP contribution in [0.1, 0.15) is 29.8 Å². The molecule has 4 heterocycles. The van der Waals surface area contributed by atoms with Gasteiger partial charge in [-0.15, -0.1) is 10.2 Å². The van der Waals surface area contributed by atoms with Gasteiger partial charge in [0.1, 0.15) is 17.5 Å². The van der Waals surface area contributed by atoms with Crippen LogP contribution in [0.5, 0.6) is 11.6 Å². The third-order valence-electron chi connectivity index (χ3n) is 5.99. The van der Waals surface area contributed by atoms with Crippen molar-refractivity contribution in [3.63, 3.8) is 0 Å². The molecule has 2 aromatic heterocycles. The van der Waals surface area contributed by atoms with E-state index in [1.54, 1.807) is 30.3 Å². The zero-order valence-corrected chi connectivity index (χ0v) is 16.9. The molecule has 0 aliphatic carbocycles. The minimum atomic E-state index is -1.07. The van der Waals surface area contributed by atoms with Crippen LogP contribution >= 0.6 is 0 Å². The first-order chi connectivity index (χ1) is 15.0. The SMILES string of the molecule is CNC(=O)c1ccc2cc(-c3ccc(O[C@H]4C[C@@H]5CC[C@@H](N5)[C@H]4F)nn3)c(O)cc2n1. The number of piperidine rings is 1. The van der Waals surface area contributed by atoms with Crippen molar-refractivity contribution in [2.24, 2.45) is 0 Å². The van der Waals surface area contributed by atoms with Crippen LogP contribution in [0.3, 0.4) is 0 Å². The van der Waals surface area contributed by atoms with Gasteiger partial charge in [0, 0.05) is 48.6 Å². The Bertz CT molecular complexity index is 1140. The number of rotatable bonds is 4. The molecule has 0 unspecified atom stereocenters. The number of amides is 1. The number of carbonyl (C=O) groups is 1. The normalized spacial score (nSPS) is 24.8. The standard InChI is InChI=1S/C22H22FN5O3/c1-24-22(30)16-4-2-11-8-13(18(29)10-17(11)26-16)14-6-7-20(28-27-14)31-19-9-12-3-5-15(25-12)21(19)23/h2,4,6-8,10,12,15,19,21,25,29H,3,5,9H2,1H3,(H,24,30)/t12-,15+,19-,21+/m0/s1. The number of phenols is 1. The number of aromatic hydroxyl groups is 1. The molecule has 4 atom stereocenters. The lowest BCUT2D eigenvalue weighted by Crippen LogP contribution is -2.51. The molecule has 3 aromatic rings. The predicted octanol–water partition coefficient (Wildman–Crippen LogP) is 2.37. The average molecular weight is 423 g/mol. The van der Waals surface area contributed by atoms with Crippen molar-refractivity contribution in [3.8, 4) is 22.9 Å². The number of nitrogens with zero attached hydrogens (tertiary/aromatic N) is 3. The Morgan fingerprint density at radius 3 is 2.87 bits per heavy atom. The highest BCUT2D eigenvalue weighted by Crippen LogP contribution is 2.34. The van der Waals surface area contributed by atoms with E-state index in [4.69, 9.17) is 4.74 Å². The number of alkyl halides is 1. The van der Waals surface area contributed by atoms with Gasteiger partial charge in [-0.3, -0.25) is 4.79 Å². The number of carbonyl (C=O) groups excluding carboxylic acids is 1. The van der Waals surface area contributed by atoms with Crippen molar-refractivity contribution in [3.05, 3.63) is 42.1 Å². The van der Waals surface area contributed by atoms with Gasteiger partial charge in [-0.25, -0.2) is 9.37 Å². The summed E-state index contributed by atoms with van der Waals surface area (Å²) in [4.78, 5) is 16.0. The zero-order chi connectivity index (χ0) is 21.5. The van der Waals surface area contributed by atoms with Gasteiger partial charge in [-0.05, 0) is 31.0 Å². The van der Waals surface area contributed by atoms with Crippen molar-refractivity contribution in [2.45, 2.75) is 43.6 Å². The van der Waals surface area contributed by atoms with Crippen LogP contribution in [0.4, 0.5) is 4.39 Å². The lowest BCUT2D eigenvalue weighted by atomic mass is 10.0. The first-order valence-electron chi connectivity index (χ1n) is 10.3. The van der Waals surface area contributed by atoms with E-state index in [1.165, 1.54) is 13.1 Å². The van der Waals surface area contributed by atoms with Crippen molar-refractivity contribution in [1.82, 2.24) is 25.8 Å². The molecule has 0 spiro atoms. The number of hydrogen-bond donors (Lipinski definition) is 3. The van der Waals surface area contributed by atoms with Crippen molar-refractivity contribution in [2.75, 3.05) is 7.05 Å². The largest absolute Gasteiger partial charge is 0.507 e. The summed E-state index contributed by atoms with van der Waals surface area (Å²) in [7, 11) is 1.53. The Kier molecular flexibility index (Phi) is 4.90. The van der Waals surface area contributed by atoms with Crippen molar-refractivity contribution >= 4 is 16.8 Å². The predicted molar refractivity (Wildman–Crippen MR) is 112 cm³/mol. The first-order valence-corrected chi connectivity index (χ1v) is 10.3. The fourth-order valence-electron chi connectivity index (χ4n) is 4.37. The maximum Gasteiger partial charge on any atom is 0.269 e. The van der Waals surface area contributed by atoms with Gasteiger partial charge in [0.25, 0.3) is 5.91 Å². The summed E-state index contributed by atoms with van der Waals surface area (Å²) < 4.78 is 20.4. The Labute approximate surface area is 177 Å². The summed E-state index contributed by atoms with van der Waals surface area (Å²) in [6.07, 6.45) is 0.802. The molecule has 8 nitrogen and oxygen atoms in total. The van der Waals surface area contributed by atoms with E-state index < -0.39 is 12.3 Å². The van der Waals surface area contributed by atoms with Gasteiger partial charge in [0.2, 0.25) is 5.88 Å². The number of halogens is 1. The van der Waals surface area contributed by atoms with Crippen LogP contribution in [0.2, 0.25) is 0 Å². The number of aromatic nitrogens is 3. The van der Waals surface area contributed by atoms with E-state index in [9.17, 15) is 14.3 Å². The molecule has 1 amide bonds. The smallest absolute Gasteiger partial charge is 0.269 e. The molecule has 31 heavy (non-hydrogen) atoms. The number of hydrogen-bond acceptors (Lipinski definition) is 7. The zero-order valence-electron chi connectivity index (χ0n) is 16.9. The summed E-state index contributed by atoms with van der Waals surface area (Å²) in [5.41, 5.74) is 1.68. The molecule has 1 aromatic carbocycles. The van der Waals surface area contributed by atoms with E-state index in [-0.39, 0.29) is 29.3 Å². The third-order valence-corrected chi connectivity index (χ3v) is 5.99. The maximum absolute atomic E-state index is 14.6.